The third kappa shape index (κ3) is 9.83. The van der Waals surface area contributed by atoms with Gasteiger partial charge in [-0.05, 0) is 96.8 Å². The highest BCUT2D eigenvalue weighted by atomic mass is 35.5. The summed E-state index contributed by atoms with van der Waals surface area (Å²) in [6.07, 6.45) is 4.06. The highest BCUT2D eigenvalue weighted by Gasteiger charge is 2.30. The van der Waals surface area contributed by atoms with Gasteiger partial charge in [-0.25, -0.2) is 22.6 Å². The summed E-state index contributed by atoms with van der Waals surface area (Å²) in [4.78, 5) is 57.6. The van der Waals surface area contributed by atoms with E-state index in [4.69, 9.17) is 21.1 Å². The van der Waals surface area contributed by atoms with E-state index < -0.39 is 27.8 Å². The van der Waals surface area contributed by atoms with E-state index in [0.717, 1.165) is 42.4 Å². The average Bonchev–Trinajstić information content (AvgIpc) is 3.61. The summed E-state index contributed by atoms with van der Waals surface area (Å²) in [6, 6.07) is 28.7. The lowest BCUT2D eigenvalue weighted by atomic mass is 9.98. The minimum atomic E-state index is -4.46. The number of rotatable bonds is 16. The van der Waals surface area contributed by atoms with Gasteiger partial charge in [-0.2, -0.15) is 5.10 Å². The van der Waals surface area contributed by atoms with Crippen molar-refractivity contribution in [2.24, 2.45) is 0 Å². The zero-order valence-corrected chi connectivity index (χ0v) is 37.8. The van der Waals surface area contributed by atoms with Crippen molar-refractivity contribution >= 4 is 56.1 Å². The van der Waals surface area contributed by atoms with Gasteiger partial charge in [0.15, 0.2) is 5.69 Å². The fraction of sp³-hybridized carbons (Fsp3) is 0.286. The number of esters is 1. The molecule has 1 aromatic heterocycles. The molecule has 0 bridgehead atoms. The molecule has 0 saturated carbocycles. The molecule has 1 aliphatic heterocycles. The molecule has 15 heteroatoms. The van der Waals surface area contributed by atoms with Crippen molar-refractivity contribution in [2.45, 2.75) is 70.9 Å². The smallest absolute Gasteiger partial charge is 0.337 e. The Morgan fingerprint density at radius 3 is 2.25 bits per heavy atom. The average molecular weight is 904 g/mol. The van der Waals surface area contributed by atoms with Crippen LogP contribution in [0.25, 0.3) is 16.5 Å². The second-order valence-electron chi connectivity index (χ2n) is 15.7. The Bertz CT molecular complexity index is 2830. The van der Waals surface area contributed by atoms with Crippen LogP contribution < -0.4 is 9.46 Å². The predicted octanol–water partition coefficient (Wildman–Crippen LogP) is 8.71. The summed E-state index contributed by atoms with van der Waals surface area (Å²) in [7, 11) is -3.15. The highest BCUT2D eigenvalue weighted by molar-refractivity contribution is 7.90. The lowest BCUT2D eigenvalue weighted by molar-refractivity contribution is 0.0599. The number of halogens is 1. The molecule has 1 N–H and O–H groups in total. The minimum absolute atomic E-state index is 0.0582. The van der Waals surface area contributed by atoms with Gasteiger partial charge in [-0.1, -0.05) is 92.9 Å². The molecule has 6 aromatic rings. The van der Waals surface area contributed by atoms with Crippen molar-refractivity contribution in [1.29, 1.82) is 0 Å². The molecule has 0 aliphatic carbocycles. The van der Waals surface area contributed by atoms with Crippen molar-refractivity contribution < 1.29 is 37.1 Å². The largest absolute Gasteiger partial charge is 0.488 e. The van der Waals surface area contributed by atoms with Crippen LogP contribution in [0.2, 0.25) is 5.02 Å². The molecule has 3 amide bonds. The second-order valence-corrected chi connectivity index (χ2v) is 17.7. The number of fused-ring (bicyclic) bond motifs is 2. The fourth-order valence-corrected chi connectivity index (χ4v) is 8.86. The number of carbonyl (C=O) groups excluding carboxylic acids is 4. The van der Waals surface area contributed by atoms with Gasteiger partial charge in [0.1, 0.15) is 12.4 Å². The van der Waals surface area contributed by atoms with Gasteiger partial charge in [0.25, 0.3) is 27.7 Å². The first kappa shape index (κ1) is 45.5. The molecule has 1 aliphatic rings. The number of nitrogens with one attached hydrogen (secondary N) is 1. The first-order chi connectivity index (χ1) is 30.8. The van der Waals surface area contributed by atoms with Crippen LogP contribution in [0.1, 0.15) is 103 Å². The number of hydrogen-bond donors (Lipinski definition) is 1. The molecule has 0 atom stereocenters. The lowest BCUT2D eigenvalue weighted by Gasteiger charge is -2.29. The molecule has 2 heterocycles. The number of ether oxygens (including phenoxy) is 2. The summed E-state index contributed by atoms with van der Waals surface area (Å²) >= 11 is 6.85. The molecule has 0 fully saturated rings. The van der Waals surface area contributed by atoms with E-state index in [1.807, 2.05) is 30.3 Å². The highest BCUT2D eigenvalue weighted by Crippen LogP contribution is 2.31. The maximum atomic E-state index is 14.6. The van der Waals surface area contributed by atoms with Gasteiger partial charge in [-0.3, -0.25) is 14.4 Å². The standard InChI is InChI=1S/C49H50ClN5O8S/c1-5-7-25-53(26-8-6-2)48(58)45-44(50)32(3)55(51-45)42-23-21-37(28-41(42)47(57)54-27-24-34-12-9-10-13-38(34)30-54)46(56)52-64(60,61)39-22-20-35-14-11-15-43(40(35)29-39)63-31-33-16-18-36(19-17-33)49(59)62-4/h9-23,28-29H,5-8,24-27,30-31H2,1-4H3,(H,52,56). The van der Waals surface area contributed by atoms with Crippen LogP contribution in [0, 0.1) is 6.92 Å². The van der Waals surface area contributed by atoms with Crippen molar-refractivity contribution in [1.82, 2.24) is 24.3 Å². The number of aromatic nitrogens is 2. The van der Waals surface area contributed by atoms with Crippen molar-refractivity contribution in [2.75, 3.05) is 26.7 Å². The summed E-state index contributed by atoms with van der Waals surface area (Å²) in [5, 5.41) is 6.04. The first-order valence-corrected chi connectivity index (χ1v) is 23.1. The molecule has 5 aromatic carbocycles. The normalized spacial score (nSPS) is 12.4. The molecule has 7 rings (SSSR count). The third-order valence-electron chi connectivity index (χ3n) is 11.4. The Balaban J connectivity index is 1.19. The second kappa shape index (κ2) is 19.9. The first-order valence-electron chi connectivity index (χ1n) is 21.3. The lowest BCUT2D eigenvalue weighted by Crippen LogP contribution is -2.37. The molecule has 0 unspecified atom stereocenters. The van der Waals surface area contributed by atoms with Crippen LogP contribution in [-0.4, -0.2) is 78.4 Å². The van der Waals surface area contributed by atoms with Gasteiger partial charge >= 0.3 is 5.97 Å². The van der Waals surface area contributed by atoms with E-state index in [0.29, 0.717) is 60.4 Å². The van der Waals surface area contributed by atoms with E-state index in [-0.39, 0.29) is 44.9 Å². The maximum absolute atomic E-state index is 14.6. The van der Waals surface area contributed by atoms with Gasteiger partial charge in [0.05, 0.1) is 39.5 Å². The van der Waals surface area contributed by atoms with Crippen molar-refractivity contribution in [3.8, 4) is 11.4 Å². The minimum Gasteiger partial charge on any atom is -0.488 e. The SMILES string of the molecule is CCCCN(CCCC)C(=O)c1nn(-c2ccc(C(=O)NS(=O)(=O)c3ccc4cccc(OCc5ccc(C(=O)OC)cc5)c4c3)cc2C(=O)N2CCc3ccccc3C2)c(C)c1Cl. The van der Waals surface area contributed by atoms with Gasteiger partial charge < -0.3 is 19.3 Å². The summed E-state index contributed by atoms with van der Waals surface area (Å²) in [5.74, 6) is -1.73. The Hall–Kier alpha value is -6.51. The Morgan fingerprint density at radius 1 is 0.844 bits per heavy atom. The Kier molecular flexibility index (Phi) is 14.2. The Labute approximate surface area is 378 Å². The molecule has 13 nitrogen and oxygen atoms in total. The van der Waals surface area contributed by atoms with Crippen LogP contribution in [0.15, 0.2) is 108 Å². The van der Waals surface area contributed by atoms with E-state index in [2.05, 4.69) is 23.7 Å². The molecule has 64 heavy (non-hydrogen) atoms. The van der Waals surface area contributed by atoms with Crippen LogP contribution >= 0.6 is 11.6 Å². The summed E-state index contributed by atoms with van der Waals surface area (Å²) in [5.41, 5.74) is 4.04. The maximum Gasteiger partial charge on any atom is 0.337 e. The number of nitrogens with zero attached hydrogens (tertiary/aromatic N) is 4. The van der Waals surface area contributed by atoms with E-state index in [1.165, 1.54) is 42.1 Å². The molecule has 0 radical (unpaired) electrons. The number of benzene rings is 5. The Morgan fingerprint density at radius 2 is 1.55 bits per heavy atom. The number of methoxy groups -OCH3 is 1. The van der Waals surface area contributed by atoms with E-state index in [1.54, 1.807) is 59.2 Å². The monoisotopic (exact) mass is 903 g/mol. The quantitative estimate of drug-likeness (QED) is 0.0939. The molecular weight excluding hydrogens is 854 g/mol. The zero-order valence-electron chi connectivity index (χ0n) is 36.2. The van der Waals surface area contributed by atoms with E-state index >= 15 is 0 Å². The van der Waals surface area contributed by atoms with Gasteiger partial charge in [0, 0.05) is 37.1 Å². The summed E-state index contributed by atoms with van der Waals surface area (Å²) in [6.45, 7) is 7.78. The molecule has 332 valence electrons. The zero-order chi connectivity index (χ0) is 45.5. The van der Waals surface area contributed by atoms with Crippen LogP contribution in [-0.2, 0) is 34.3 Å². The summed E-state index contributed by atoms with van der Waals surface area (Å²) < 4.78 is 42.3. The third-order valence-corrected chi connectivity index (χ3v) is 13.1. The van der Waals surface area contributed by atoms with Crippen LogP contribution in [0.5, 0.6) is 5.75 Å². The van der Waals surface area contributed by atoms with E-state index in [9.17, 15) is 27.6 Å². The number of amides is 3. The molecule has 0 spiro atoms. The number of carbonyl (C=O) groups is 4. The fourth-order valence-electron chi connectivity index (χ4n) is 7.66. The van der Waals surface area contributed by atoms with Crippen LogP contribution in [0.4, 0.5) is 0 Å². The topological polar surface area (TPSA) is 157 Å². The predicted molar refractivity (Wildman–Crippen MR) is 245 cm³/mol. The molecular formula is C49H50ClN5O8S. The van der Waals surface area contributed by atoms with Crippen LogP contribution in [0.3, 0.4) is 0 Å². The number of sulfonamides is 1. The van der Waals surface area contributed by atoms with Crippen molar-refractivity contribution in [3.05, 3.63) is 153 Å². The number of unbranched alkanes of at least 4 members (excludes halogenated alkanes) is 2. The van der Waals surface area contributed by atoms with Crippen molar-refractivity contribution in [3.63, 3.8) is 0 Å². The molecule has 0 saturated heterocycles. The van der Waals surface area contributed by atoms with Gasteiger partial charge in [-0.15, -0.1) is 0 Å². The van der Waals surface area contributed by atoms with Gasteiger partial charge in [0.2, 0.25) is 0 Å². The number of hydrogen-bond acceptors (Lipinski definition) is 9.